The van der Waals surface area contributed by atoms with Gasteiger partial charge in [-0.2, -0.15) is 0 Å². The number of nitrogens with one attached hydrogen (secondary N) is 4. The first-order valence-corrected chi connectivity index (χ1v) is 13.1. The predicted octanol–water partition coefficient (Wildman–Crippen LogP) is 0.856. The van der Waals surface area contributed by atoms with Crippen LogP contribution in [0.5, 0.6) is 0 Å². The quantitative estimate of drug-likeness (QED) is 0.164. The number of carboxylic acids is 1. The lowest BCUT2D eigenvalue weighted by atomic mass is 10.00. The lowest BCUT2D eigenvalue weighted by Crippen LogP contribution is -2.59. The van der Waals surface area contributed by atoms with E-state index in [0.717, 1.165) is 22.0 Å². The van der Waals surface area contributed by atoms with E-state index in [1.807, 2.05) is 30.3 Å². The standard InChI is InChI=1S/C29H37N5O6/c1-16(2)25(29(39)40)34-27(37)23(14-19-15-31-21-12-8-7-11-20(19)21)32-26(36)22(13-18-9-5-4-6-10-18)33-28(38)24(30)17(3)35/h4-12,15-17,22-25,31,35H,13-14,30H2,1-3H3,(H,32,36)(H,33,38)(H,34,37)(H,39,40). The Morgan fingerprint density at radius 3 is 2.02 bits per heavy atom. The number of carbonyl (C=O) groups is 4. The largest absolute Gasteiger partial charge is 0.480 e. The fourth-order valence-corrected chi connectivity index (χ4v) is 4.32. The molecule has 0 radical (unpaired) electrons. The number of nitrogens with two attached hydrogens (primary N) is 1. The molecule has 3 aromatic rings. The van der Waals surface area contributed by atoms with Gasteiger partial charge in [0.25, 0.3) is 0 Å². The average molecular weight is 552 g/mol. The number of aliphatic hydroxyl groups is 1. The van der Waals surface area contributed by atoms with Crippen LogP contribution in [0.2, 0.25) is 0 Å². The molecule has 0 fully saturated rings. The summed E-state index contributed by atoms with van der Waals surface area (Å²) >= 11 is 0. The van der Waals surface area contributed by atoms with Crippen LogP contribution >= 0.6 is 0 Å². The van der Waals surface area contributed by atoms with E-state index in [-0.39, 0.29) is 12.8 Å². The summed E-state index contributed by atoms with van der Waals surface area (Å²) in [6.45, 7) is 4.71. The number of aliphatic hydroxyl groups excluding tert-OH is 1. The van der Waals surface area contributed by atoms with Crippen molar-refractivity contribution in [3.63, 3.8) is 0 Å². The fourth-order valence-electron chi connectivity index (χ4n) is 4.32. The van der Waals surface area contributed by atoms with Gasteiger partial charge in [-0.3, -0.25) is 14.4 Å². The van der Waals surface area contributed by atoms with E-state index in [4.69, 9.17) is 5.73 Å². The lowest BCUT2D eigenvalue weighted by Gasteiger charge is -2.26. The van der Waals surface area contributed by atoms with Crippen molar-refractivity contribution in [3.05, 3.63) is 71.9 Å². The maximum absolute atomic E-state index is 13.6. The molecule has 0 aliphatic rings. The van der Waals surface area contributed by atoms with E-state index in [1.165, 1.54) is 6.92 Å². The second kappa shape index (κ2) is 13.7. The maximum atomic E-state index is 13.6. The monoisotopic (exact) mass is 551 g/mol. The third kappa shape index (κ3) is 7.90. The van der Waals surface area contributed by atoms with Crippen LogP contribution < -0.4 is 21.7 Å². The number of aliphatic carboxylic acids is 1. The van der Waals surface area contributed by atoms with E-state index in [1.54, 1.807) is 44.3 Å². The number of amides is 3. The predicted molar refractivity (Wildman–Crippen MR) is 150 cm³/mol. The van der Waals surface area contributed by atoms with Crippen LogP contribution in [-0.2, 0) is 32.0 Å². The molecule has 3 rings (SSSR count). The van der Waals surface area contributed by atoms with Crippen molar-refractivity contribution in [2.75, 3.05) is 0 Å². The minimum Gasteiger partial charge on any atom is -0.480 e. The number of hydrogen-bond acceptors (Lipinski definition) is 6. The Kier molecular flexibility index (Phi) is 10.4. The lowest BCUT2D eigenvalue weighted by molar-refractivity contribution is -0.143. The molecule has 5 atom stereocenters. The zero-order valence-electron chi connectivity index (χ0n) is 22.8. The first-order chi connectivity index (χ1) is 19.0. The molecule has 0 aliphatic heterocycles. The topological polar surface area (TPSA) is 187 Å². The second-order valence-electron chi connectivity index (χ2n) is 10.2. The van der Waals surface area contributed by atoms with E-state index in [2.05, 4.69) is 20.9 Å². The molecule has 0 saturated heterocycles. The minimum absolute atomic E-state index is 0.0607. The van der Waals surface area contributed by atoms with Crippen molar-refractivity contribution < 1.29 is 29.4 Å². The Morgan fingerprint density at radius 2 is 1.40 bits per heavy atom. The summed E-state index contributed by atoms with van der Waals surface area (Å²) in [7, 11) is 0. The third-order valence-corrected chi connectivity index (χ3v) is 6.70. The molecule has 40 heavy (non-hydrogen) atoms. The zero-order valence-corrected chi connectivity index (χ0v) is 22.8. The highest BCUT2D eigenvalue weighted by Gasteiger charge is 2.32. The number of fused-ring (bicyclic) bond motifs is 1. The van der Waals surface area contributed by atoms with Crippen molar-refractivity contribution in [1.29, 1.82) is 0 Å². The molecule has 5 unspecified atom stereocenters. The van der Waals surface area contributed by atoms with Crippen LogP contribution in [-0.4, -0.2) is 69.2 Å². The minimum atomic E-state index is -1.27. The number of benzene rings is 2. The Morgan fingerprint density at radius 1 is 0.825 bits per heavy atom. The van der Waals surface area contributed by atoms with E-state index in [0.29, 0.717) is 0 Å². The number of carboxylic acid groups (broad SMARTS) is 1. The first-order valence-electron chi connectivity index (χ1n) is 13.1. The van der Waals surface area contributed by atoms with Gasteiger partial charge in [-0.25, -0.2) is 4.79 Å². The van der Waals surface area contributed by atoms with Gasteiger partial charge in [0.2, 0.25) is 17.7 Å². The smallest absolute Gasteiger partial charge is 0.326 e. The third-order valence-electron chi connectivity index (χ3n) is 6.70. The molecule has 0 saturated carbocycles. The van der Waals surface area contributed by atoms with E-state index < -0.39 is 59.9 Å². The molecule has 3 amide bonds. The van der Waals surface area contributed by atoms with Crippen LogP contribution in [0.25, 0.3) is 10.9 Å². The van der Waals surface area contributed by atoms with Crippen molar-refractivity contribution >= 4 is 34.6 Å². The van der Waals surface area contributed by atoms with Gasteiger partial charge in [-0.05, 0) is 30.0 Å². The van der Waals surface area contributed by atoms with Crippen molar-refractivity contribution in [2.45, 2.75) is 63.9 Å². The van der Waals surface area contributed by atoms with Crippen molar-refractivity contribution in [2.24, 2.45) is 11.7 Å². The molecule has 0 bridgehead atoms. The van der Waals surface area contributed by atoms with Crippen LogP contribution in [0.3, 0.4) is 0 Å². The van der Waals surface area contributed by atoms with E-state index >= 15 is 0 Å². The summed E-state index contributed by atoms with van der Waals surface area (Å²) in [4.78, 5) is 54.6. The van der Waals surface area contributed by atoms with Gasteiger partial charge in [0.1, 0.15) is 24.2 Å². The number of rotatable bonds is 13. The van der Waals surface area contributed by atoms with Crippen LogP contribution in [0, 0.1) is 5.92 Å². The summed E-state index contributed by atoms with van der Waals surface area (Å²) in [5, 5.41) is 28.1. The highest BCUT2D eigenvalue weighted by Crippen LogP contribution is 2.19. The SMILES string of the molecule is CC(C)C(NC(=O)C(Cc1c[nH]c2ccccc12)NC(=O)C(Cc1ccccc1)NC(=O)C(N)C(C)O)C(=O)O. The molecule has 0 spiro atoms. The van der Waals surface area contributed by atoms with Crippen molar-refractivity contribution in [1.82, 2.24) is 20.9 Å². The molecule has 0 aliphatic carbocycles. The fraction of sp³-hybridized carbons (Fsp3) is 0.379. The molecule has 1 heterocycles. The van der Waals surface area contributed by atoms with Crippen LogP contribution in [0.4, 0.5) is 0 Å². The normalized spacial score (nSPS) is 15.1. The van der Waals surface area contributed by atoms with Gasteiger partial charge in [-0.15, -0.1) is 0 Å². The molecule has 214 valence electrons. The molecular weight excluding hydrogens is 514 g/mol. The van der Waals surface area contributed by atoms with E-state index in [9.17, 15) is 29.4 Å². The number of H-pyrrole nitrogens is 1. The number of aromatic amines is 1. The average Bonchev–Trinajstić information content (AvgIpc) is 3.33. The summed E-state index contributed by atoms with van der Waals surface area (Å²) in [5.74, 6) is -3.66. The summed E-state index contributed by atoms with van der Waals surface area (Å²) in [6, 6.07) is 11.7. The number of para-hydroxylation sites is 1. The molecule has 8 N–H and O–H groups in total. The number of aromatic nitrogens is 1. The summed E-state index contributed by atoms with van der Waals surface area (Å²) in [6.07, 6.45) is 0.741. The van der Waals surface area contributed by atoms with Crippen LogP contribution in [0.15, 0.2) is 60.8 Å². The van der Waals surface area contributed by atoms with Gasteiger partial charge in [-0.1, -0.05) is 62.4 Å². The Hall–Kier alpha value is -4.22. The van der Waals surface area contributed by atoms with Gasteiger partial charge in [0.05, 0.1) is 6.10 Å². The first kappa shape index (κ1) is 30.3. The highest BCUT2D eigenvalue weighted by molar-refractivity contribution is 5.95. The van der Waals surface area contributed by atoms with Gasteiger partial charge in [0.15, 0.2) is 0 Å². The number of carbonyl (C=O) groups excluding carboxylic acids is 3. The molecule has 2 aromatic carbocycles. The van der Waals surface area contributed by atoms with Gasteiger partial charge in [0, 0.05) is 29.9 Å². The summed E-state index contributed by atoms with van der Waals surface area (Å²) < 4.78 is 0. The highest BCUT2D eigenvalue weighted by atomic mass is 16.4. The molecule has 1 aromatic heterocycles. The molecule has 11 nitrogen and oxygen atoms in total. The Balaban J connectivity index is 1.91. The molecule has 11 heteroatoms. The maximum Gasteiger partial charge on any atom is 0.326 e. The van der Waals surface area contributed by atoms with Gasteiger partial charge >= 0.3 is 5.97 Å². The Bertz CT molecular complexity index is 1320. The number of hydrogen-bond donors (Lipinski definition) is 7. The Labute approximate surface area is 232 Å². The zero-order chi connectivity index (χ0) is 29.4. The second-order valence-corrected chi connectivity index (χ2v) is 10.2. The molecular formula is C29H37N5O6. The summed E-state index contributed by atoms with van der Waals surface area (Å²) in [5.41, 5.74) is 8.12. The van der Waals surface area contributed by atoms with Gasteiger partial charge < -0.3 is 36.9 Å². The van der Waals surface area contributed by atoms with Crippen molar-refractivity contribution in [3.8, 4) is 0 Å². The van der Waals surface area contributed by atoms with Crippen LogP contribution in [0.1, 0.15) is 31.9 Å².